The summed E-state index contributed by atoms with van der Waals surface area (Å²) in [4.78, 5) is 38.0. The fourth-order valence-corrected chi connectivity index (χ4v) is 3.84. The summed E-state index contributed by atoms with van der Waals surface area (Å²) in [5.74, 6) is -1.27. The summed E-state index contributed by atoms with van der Waals surface area (Å²) in [6.07, 6.45) is 0. The van der Waals surface area contributed by atoms with Gasteiger partial charge in [0.2, 0.25) is 0 Å². The maximum Gasteiger partial charge on any atom is 0.301 e. The molecule has 0 aliphatic carbocycles. The molecule has 1 N–H and O–H groups in total. The Labute approximate surface area is 187 Å². The Morgan fingerprint density at radius 2 is 1.94 bits per heavy atom. The molecule has 10 nitrogen and oxygen atoms in total. The lowest BCUT2D eigenvalue weighted by Crippen LogP contribution is -2.29. The Kier molecular flexibility index (Phi) is 5.42. The number of carbonyl (C=O) groups excluding carboxylic acids is 2. The number of aliphatic hydroxyl groups is 1. The highest BCUT2D eigenvalue weighted by Gasteiger charge is 2.48. The van der Waals surface area contributed by atoms with Crippen molar-refractivity contribution in [1.82, 2.24) is 5.16 Å². The van der Waals surface area contributed by atoms with Crippen molar-refractivity contribution in [2.75, 3.05) is 12.0 Å². The summed E-state index contributed by atoms with van der Waals surface area (Å²) >= 11 is 0. The second-order valence-corrected chi connectivity index (χ2v) is 7.50. The highest BCUT2D eigenvalue weighted by atomic mass is 16.6. The van der Waals surface area contributed by atoms with Crippen molar-refractivity contribution in [3.05, 3.63) is 86.7 Å². The zero-order chi connectivity index (χ0) is 23.9. The van der Waals surface area contributed by atoms with Crippen LogP contribution in [0.25, 0.3) is 5.76 Å². The summed E-state index contributed by atoms with van der Waals surface area (Å²) in [5, 5.41) is 26.3. The maximum absolute atomic E-state index is 13.1. The number of hydrogen-bond donors (Lipinski definition) is 1. The van der Waals surface area contributed by atoms with Crippen LogP contribution in [-0.4, -0.2) is 34.0 Å². The second kappa shape index (κ2) is 8.23. The number of benzene rings is 2. The molecule has 1 amide bonds. The third-order valence-electron chi connectivity index (χ3n) is 5.37. The molecule has 2 heterocycles. The summed E-state index contributed by atoms with van der Waals surface area (Å²) in [7, 11) is 1.51. The van der Waals surface area contributed by atoms with Crippen LogP contribution >= 0.6 is 0 Å². The van der Waals surface area contributed by atoms with Crippen molar-refractivity contribution in [3.8, 4) is 5.75 Å². The number of aryl methyl sites for hydroxylation is 2. The SMILES string of the molecule is COc1ccc(C(O)=C2C(=O)C(=O)N(c3cc(C)on3)[C@H]2c2cccc([N+](=O)[O-])c2)cc1C. The molecule has 1 aliphatic rings. The smallest absolute Gasteiger partial charge is 0.301 e. The van der Waals surface area contributed by atoms with Crippen LogP contribution in [0.5, 0.6) is 5.75 Å². The molecule has 1 aromatic heterocycles. The lowest BCUT2D eigenvalue weighted by Gasteiger charge is -2.22. The first-order chi connectivity index (χ1) is 15.7. The number of nitro benzene ring substituents is 1. The standard InChI is InChI=1S/C23H19N3O7/c1-12-9-15(7-8-17(12)32-3)21(27)19-20(14-5-4-6-16(11-14)26(30)31)25(23(29)22(19)28)18-10-13(2)33-24-18/h4-11,20,27H,1-3H3/t20-/m0/s1. The summed E-state index contributed by atoms with van der Waals surface area (Å²) < 4.78 is 10.3. The Balaban J connectivity index is 1.96. The quantitative estimate of drug-likeness (QED) is 0.204. The van der Waals surface area contributed by atoms with Crippen LogP contribution < -0.4 is 9.64 Å². The molecule has 4 rings (SSSR count). The van der Waals surface area contributed by atoms with Gasteiger partial charge in [-0.15, -0.1) is 0 Å². The zero-order valence-electron chi connectivity index (χ0n) is 17.9. The monoisotopic (exact) mass is 449 g/mol. The maximum atomic E-state index is 13.1. The summed E-state index contributed by atoms with van der Waals surface area (Å²) in [6, 6.07) is 10.6. The molecule has 1 atom stereocenters. The molecule has 10 heteroatoms. The van der Waals surface area contributed by atoms with Gasteiger partial charge in [0.05, 0.1) is 23.6 Å². The van der Waals surface area contributed by atoms with Crippen LogP contribution in [0.15, 0.2) is 58.6 Å². The van der Waals surface area contributed by atoms with Crippen LogP contribution in [0.4, 0.5) is 11.5 Å². The minimum Gasteiger partial charge on any atom is -0.507 e. The molecule has 0 saturated carbocycles. The van der Waals surface area contributed by atoms with E-state index < -0.39 is 28.4 Å². The first-order valence-corrected chi connectivity index (χ1v) is 9.86. The third kappa shape index (κ3) is 3.71. The van der Waals surface area contributed by atoms with E-state index in [9.17, 15) is 24.8 Å². The van der Waals surface area contributed by atoms with E-state index in [4.69, 9.17) is 9.26 Å². The number of aliphatic hydroxyl groups excluding tert-OH is 1. The predicted octanol–water partition coefficient (Wildman–Crippen LogP) is 3.83. The fourth-order valence-electron chi connectivity index (χ4n) is 3.84. The van der Waals surface area contributed by atoms with Crippen molar-refractivity contribution in [3.63, 3.8) is 0 Å². The van der Waals surface area contributed by atoms with Crippen molar-refractivity contribution < 1.29 is 28.9 Å². The number of nitro groups is 1. The Morgan fingerprint density at radius 3 is 2.55 bits per heavy atom. The molecular weight excluding hydrogens is 430 g/mol. The van der Waals surface area contributed by atoms with E-state index in [-0.39, 0.29) is 28.2 Å². The Hall–Kier alpha value is -4.47. The molecule has 0 unspecified atom stereocenters. The first kappa shape index (κ1) is 21.8. The number of ketones is 1. The normalized spacial score (nSPS) is 17.4. The van der Waals surface area contributed by atoms with E-state index in [0.29, 0.717) is 17.1 Å². The number of Topliss-reactive ketones (excluding diaryl/α,β-unsaturated/α-hetero) is 1. The van der Waals surface area contributed by atoms with Gasteiger partial charge in [0.25, 0.3) is 11.5 Å². The fraction of sp³-hybridized carbons (Fsp3) is 0.174. The lowest BCUT2D eigenvalue weighted by atomic mass is 9.94. The van der Waals surface area contributed by atoms with Gasteiger partial charge in [-0.2, -0.15) is 0 Å². The van der Waals surface area contributed by atoms with Crippen LogP contribution in [0.1, 0.15) is 28.5 Å². The van der Waals surface area contributed by atoms with Gasteiger partial charge in [0.1, 0.15) is 17.3 Å². The molecule has 33 heavy (non-hydrogen) atoms. The number of hydrogen-bond acceptors (Lipinski definition) is 8. The van der Waals surface area contributed by atoms with E-state index in [0.717, 1.165) is 4.90 Å². The van der Waals surface area contributed by atoms with Crippen LogP contribution in [0, 0.1) is 24.0 Å². The van der Waals surface area contributed by atoms with Crippen LogP contribution in [0.2, 0.25) is 0 Å². The zero-order valence-corrected chi connectivity index (χ0v) is 17.9. The van der Waals surface area contributed by atoms with Gasteiger partial charge in [0, 0.05) is 23.8 Å². The number of amides is 1. The van der Waals surface area contributed by atoms with Gasteiger partial charge in [-0.3, -0.25) is 24.6 Å². The minimum atomic E-state index is -1.16. The average Bonchev–Trinajstić information content (AvgIpc) is 3.34. The van der Waals surface area contributed by atoms with E-state index in [1.54, 1.807) is 32.0 Å². The Morgan fingerprint density at radius 1 is 1.18 bits per heavy atom. The number of ether oxygens (including phenoxy) is 1. The predicted molar refractivity (Wildman–Crippen MR) is 117 cm³/mol. The number of methoxy groups -OCH3 is 1. The van der Waals surface area contributed by atoms with Gasteiger partial charge in [-0.1, -0.05) is 17.3 Å². The molecule has 2 aromatic carbocycles. The molecule has 0 spiro atoms. The second-order valence-electron chi connectivity index (χ2n) is 7.50. The summed E-state index contributed by atoms with van der Waals surface area (Å²) in [6.45, 7) is 3.39. The number of nitrogens with zero attached hydrogens (tertiary/aromatic N) is 3. The van der Waals surface area contributed by atoms with Gasteiger partial charge in [0.15, 0.2) is 5.82 Å². The highest BCUT2D eigenvalue weighted by Crippen LogP contribution is 2.42. The number of carbonyl (C=O) groups is 2. The number of anilines is 1. The number of non-ortho nitro benzene ring substituents is 1. The van der Waals surface area contributed by atoms with Crippen molar-refractivity contribution in [2.45, 2.75) is 19.9 Å². The molecular formula is C23H19N3O7. The van der Waals surface area contributed by atoms with E-state index in [2.05, 4.69) is 5.16 Å². The van der Waals surface area contributed by atoms with E-state index >= 15 is 0 Å². The minimum absolute atomic E-state index is 0.0519. The topological polar surface area (TPSA) is 136 Å². The lowest BCUT2D eigenvalue weighted by molar-refractivity contribution is -0.384. The van der Waals surface area contributed by atoms with Gasteiger partial charge in [-0.05, 0) is 43.2 Å². The largest absolute Gasteiger partial charge is 0.507 e. The molecule has 168 valence electrons. The molecule has 0 radical (unpaired) electrons. The van der Waals surface area contributed by atoms with Gasteiger partial charge in [-0.25, -0.2) is 0 Å². The third-order valence-corrected chi connectivity index (χ3v) is 5.37. The van der Waals surface area contributed by atoms with Gasteiger partial charge >= 0.3 is 5.91 Å². The van der Waals surface area contributed by atoms with Crippen LogP contribution in [0.3, 0.4) is 0 Å². The highest BCUT2D eigenvalue weighted by molar-refractivity contribution is 6.51. The summed E-state index contributed by atoms with van der Waals surface area (Å²) in [5.41, 5.74) is 0.809. The first-order valence-electron chi connectivity index (χ1n) is 9.86. The number of rotatable bonds is 5. The van der Waals surface area contributed by atoms with E-state index in [1.807, 2.05) is 0 Å². The average molecular weight is 449 g/mol. The molecule has 1 saturated heterocycles. The molecule has 1 fully saturated rings. The number of aromatic nitrogens is 1. The van der Waals surface area contributed by atoms with Crippen molar-refractivity contribution >= 4 is 29.0 Å². The molecule has 3 aromatic rings. The van der Waals surface area contributed by atoms with Crippen molar-refractivity contribution in [2.24, 2.45) is 0 Å². The van der Waals surface area contributed by atoms with Crippen molar-refractivity contribution in [1.29, 1.82) is 0 Å². The molecule has 1 aliphatic heterocycles. The molecule has 0 bridgehead atoms. The van der Waals surface area contributed by atoms with Crippen LogP contribution in [-0.2, 0) is 9.59 Å². The van der Waals surface area contributed by atoms with Gasteiger partial charge < -0.3 is 14.4 Å². The Bertz CT molecular complexity index is 1330. The van der Waals surface area contributed by atoms with E-state index in [1.165, 1.54) is 37.4 Å².